The summed E-state index contributed by atoms with van der Waals surface area (Å²) in [5, 5.41) is 0.477. The van der Waals surface area contributed by atoms with Crippen molar-refractivity contribution in [1.29, 1.82) is 0 Å². The molecule has 1 fully saturated rings. The van der Waals surface area contributed by atoms with Crippen LogP contribution >= 0.6 is 23.7 Å². The molecule has 0 radical (unpaired) electrons. The Morgan fingerprint density at radius 2 is 2.04 bits per heavy atom. The zero-order valence-electron chi connectivity index (χ0n) is 18.6. The maximum atomic E-state index is 14.1. The average molecular weight is 414 g/mol. The van der Waals surface area contributed by atoms with E-state index in [2.05, 4.69) is 0 Å². The molecule has 1 aliphatic heterocycles. The first-order valence-electron chi connectivity index (χ1n) is 10.5. The molecule has 4 rings (SSSR count). The molecule has 0 saturated heterocycles. The standard InChI is InChI=1S/C20H20FNO3S.ClH/c1-12(23)25-18-10-15-11-22(9-8-17(15)26-18)19(20(24)14-2-3-14)13-4-6-16(21)7-5-13;/h4-7,10,14,19H,2-3,8-9,11H2,1H3;1H/i4D,5D,6D,7D;. The van der Waals surface area contributed by atoms with E-state index >= 15 is 0 Å². The number of ether oxygens (including phenoxy) is 1. The van der Waals surface area contributed by atoms with Crippen LogP contribution in [0.15, 0.2) is 30.2 Å². The van der Waals surface area contributed by atoms with Crippen molar-refractivity contribution in [2.24, 2.45) is 5.92 Å². The third-order valence-corrected chi connectivity index (χ3v) is 5.73. The number of thiophene rings is 1. The summed E-state index contributed by atoms with van der Waals surface area (Å²) in [6, 6.07) is -1.76. The summed E-state index contributed by atoms with van der Waals surface area (Å²) in [6.07, 6.45) is 2.05. The van der Waals surface area contributed by atoms with E-state index in [1.807, 2.05) is 4.90 Å². The second-order valence-electron chi connectivity index (χ2n) is 6.63. The number of rotatable bonds is 5. The van der Waals surface area contributed by atoms with Gasteiger partial charge in [0.25, 0.3) is 0 Å². The van der Waals surface area contributed by atoms with E-state index in [1.165, 1.54) is 18.3 Å². The van der Waals surface area contributed by atoms with Crippen LogP contribution in [0.4, 0.5) is 4.39 Å². The van der Waals surface area contributed by atoms with Gasteiger partial charge in [0.15, 0.2) is 10.8 Å². The van der Waals surface area contributed by atoms with Crippen molar-refractivity contribution in [3.8, 4) is 5.06 Å². The van der Waals surface area contributed by atoms with Crippen molar-refractivity contribution in [1.82, 2.24) is 4.90 Å². The van der Waals surface area contributed by atoms with Crippen molar-refractivity contribution < 1.29 is 24.2 Å². The number of hydrogen-bond donors (Lipinski definition) is 0. The monoisotopic (exact) mass is 413 g/mol. The first-order valence-corrected chi connectivity index (χ1v) is 9.34. The van der Waals surface area contributed by atoms with Gasteiger partial charge in [0.05, 0.1) is 11.5 Å². The predicted molar refractivity (Wildman–Crippen MR) is 104 cm³/mol. The number of Topliss-reactive ketones (excluding diaryl/α,β-unsaturated/α-hetero) is 1. The molecule has 1 saturated carbocycles. The van der Waals surface area contributed by atoms with Crippen LogP contribution in [0.2, 0.25) is 0 Å². The summed E-state index contributed by atoms with van der Waals surface area (Å²) in [5.41, 5.74) is 0.829. The van der Waals surface area contributed by atoms with E-state index in [1.54, 1.807) is 6.07 Å². The highest BCUT2D eigenvalue weighted by Crippen LogP contribution is 2.40. The van der Waals surface area contributed by atoms with Crippen LogP contribution in [0.5, 0.6) is 5.06 Å². The van der Waals surface area contributed by atoms with Crippen molar-refractivity contribution >= 4 is 35.5 Å². The normalized spacial score (nSPS) is 19.6. The minimum absolute atomic E-state index is 0. The molecule has 0 amide bonds. The lowest BCUT2D eigenvalue weighted by Gasteiger charge is -2.34. The summed E-state index contributed by atoms with van der Waals surface area (Å²) < 4.78 is 51.4. The van der Waals surface area contributed by atoms with Crippen molar-refractivity contribution in [3.05, 3.63) is 52.1 Å². The molecule has 1 atom stereocenters. The Balaban J connectivity index is 0.00000272. The zero-order chi connectivity index (χ0) is 21.7. The summed E-state index contributed by atoms with van der Waals surface area (Å²) in [5.74, 6) is -1.96. The van der Waals surface area contributed by atoms with Gasteiger partial charge in [-0.05, 0) is 48.5 Å². The van der Waals surface area contributed by atoms with E-state index < -0.39 is 42.0 Å². The molecule has 0 N–H and O–H groups in total. The molecule has 2 heterocycles. The molecule has 2 aromatic rings. The van der Waals surface area contributed by atoms with Gasteiger partial charge in [-0.25, -0.2) is 4.39 Å². The van der Waals surface area contributed by atoms with E-state index in [-0.39, 0.29) is 29.7 Å². The molecule has 2 aliphatic rings. The Bertz CT molecular complexity index is 1030. The molecule has 27 heavy (non-hydrogen) atoms. The summed E-state index contributed by atoms with van der Waals surface area (Å²) in [4.78, 5) is 27.3. The van der Waals surface area contributed by atoms with Crippen LogP contribution in [-0.4, -0.2) is 23.2 Å². The maximum absolute atomic E-state index is 14.1. The first kappa shape index (κ1) is 15.2. The summed E-state index contributed by atoms with van der Waals surface area (Å²) in [6.45, 7) is 2.13. The number of carbonyl (C=O) groups is 2. The molecular formula is C20H21ClFNO3S. The van der Waals surface area contributed by atoms with Crippen LogP contribution < -0.4 is 4.74 Å². The lowest BCUT2D eigenvalue weighted by molar-refractivity contribution is -0.131. The van der Waals surface area contributed by atoms with Gasteiger partial charge < -0.3 is 4.74 Å². The Kier molecular flexibility index (Phi) is 4.55. The second kappa shape index (κ2) is 8.09. The fourth-order valence-corrected chi connectivity index (χ4v) is 4.33. The number of benzene rings is 1. The lowest BCUT2D eigenvalue weighted by atomic mass is 9.95. The van der Waals surface area contributed by atoms with E-state index in [9.17, 15) is 14.0 Å². The van der Waals surface area contributed by atoms with Crippen LogP contribution in [0, 0.1) is 11.7 Å². The van der Waals surface area contributed by atoms with Crippen LogP contribution in [0.3, 0.4) is 0 Å². The zero-order valence-corrected chi connectivity index (χ0v) is 16.3. The van der Waals surface area contributed by atoms with Gasteiger partial charge in [-0.1, -0.05) is 12.1 Å². The van der Waals surface area contributed by atoms with E-state index in [0.29, 0.717) is 24.6 Å². The number of ketones is 1. The van der Waals surface area contributed by atoms with Gasteiger partial charge >= 0.3 is 5.97 Å². The third kappa shape index (κ3) is 4.39. The van der Waals surface area contributed by atoms with Crippen molar-refractivity contribution in [2.75, 3.05) is 6.54 Å². The molecule has 1 aliphatic carbocycles. The summed E-state index contributed by atoms with van der Waals surface area (Å²) >= 11 is 1.38. The highest BCUT2D eigenvalue weighted by atomic mass is 35.5. The first-order chi connectivity index (χ1) is 14.2. The topological polar surface area (TPSA) is 46.6 Å². The Hall–Kier alpha value is -1.76. The smallest absolute Gasteiger partial charge is 0.308 e. The van der Waals surface area contributed by atoms with Crippen LogP contribution in [0.25, 0.3) is 0 Å². The molecule has 0 spiro atoms. The van der Waals surface area contributed by atoms with Gasteiger partial charge in [-0.2, -0.15) is 0 Å². The minimum atomic E-state index is -1.21. The van der Waals surface area contributed by atoms with Gasteiger partial charge in [0.1, 0.15) is 5.82 Å². The minimum Gasteiger partial charge on any atom is -0.416 e. The van der Waals surface area contributed by atoms with Gasteiger partial charge in [-0.3, -0.25) is 14.5 Å². The SMILES string of the molecule is Cl.[2H]c1c([2H])c(C(C(=O)C2CC2)N2CCc3sc(OC(C)=O)cc3C2)c([2H])c([2H])c1F. The second-order valence-corrected chi connectivity index (χ2v) is 7.73. The quantitative estimate of drug-likeness (QED) is 0.685. The number of esters is 1. The number of carbonyl (C=O) groups excluding carboxylic acids is 2. The Morgan fingerprint density at radius 3 is 2.67 bits per heavy atom. The van der Waals surface area contributed by atoms with Crippen molar-refractivity contribution in [3.63, 3.8) is 0 Å². The van der Waals surface area contributed by atoms with Crippen LogP contribution in [0.1, 0.15) is 47.3 Å². The molecule has 1 aromatic carbocycles. The lowest BCUT2D eigenvalue weighted by Crippen LogP contribution is -2.38. The van der Waals surface area contributed by atoms with Crippen molar-refractivity contribution in [2.45, 2.75) is 38.8 Å². The molecule has 0 bridgehead atoms. The number of halogens is 2. The number of fused-ring (bicyclic) bond motifs is 1. The van der Waals surface area contributed by atoms with Gasteiger partial charge in [0, 0.05) is 30.8 Å². The Labute approximate surface area is 173 Å². The maximum Gasteiger partial charge on any atom is 0.308 e. The fourth-order valence-electron chi connectivity index (χ4n) is 3.28. The molecular weight excluding hydrogens is 389 g/mol. The highest BCUT2D eigenvalue weighted by molar-refractivity contribution is 7.14. The molecule has 144 valence electrons. The average Bonchev–Trinajstić information content (AvgIpc) is 3.47. The van der Waals surface area contributed by atoms with Gasteiger partial charge in [0.2, 0.25) is 0 Å². The largest absolute Gasteiger partial charge is 0.416 e. The number of nitrogens with zero attached hydrogens (tertiary/aromatic N) is 1. The summed E-state index contributed by atoms with van der Waals surface area (Å²) in [7, 11) is 0. The molecule has 7 heteroatoms. The van der Waals surface area contributed by atoms with Gasteiger partial charge in [-0.15, -0.1) is 23.7 Å². The third-order valence-electron chi connectivity index (χ3n) is 4.62. The molecule has 1 unspecified atom stereocenters. The van der Waals surface area contributed by atoms with E-state index in [0.717, 1.165) is 23.3 Å². The highest BCUT2D eigenvalue weighted by Gasteiger charge is 2.39. The van der Waals surface area contributed by atoms with Crippen LogP contribution in [-0.2, 0) is 22.6 Å². The molecule has 4 nitrogen and oxygen atoms in total. The molecule has 1 aromatic heterocycles. The van der Waals surface area contributed by atoms with E-state index in [4.69, 9.17) is 10.2 Å². The predicted octanol–water partition coefficient (Wildman–Crippen LogP) is 4.31. The fraction of sp³-hybridized carbons (Fsp3) is 0.400. The Morgan fingerprint density at radius 1 is 1.33 bits per heavy atom. The number of hydrogen-bond acceptors (Lipinski definition) is 5.